The second-order valence-corrected chi connectivity index (χ2v) is 7.25. The Kier molecular flexibility index (Phi) is 5.32. The van der Waals surface area contributed by atoms with Gasteiger partial charge in [-0.05, 0) is 36.1 Å². The SMILES string of the molecule is Cc1ccc(C(N)CS(=O)c2ccc(C(C)C)cc2)cc1. The zero-order valence-electron chi connectivity index (χ0n) is 12.9. The van der Waals surface area contributed by atoms with E-state index >= 15 is 0 Å². The van der Waals surface area contributed by atoms with Crippen molar-refractivity contribution < 1.29 is 4.21 Å². The first-order valence-electron chi connectivity index (χ1n) is 7.28. The van der Waals surface area contributed by atoms with E-state index in [1.165, 1.54) is 11.1 Å². The van der Waals surface area contributed by atoms with Crippen LogP contribution in [0.15, 0.2) is 53.4 Å². The van der Waals surface area contributed by atoms with E-state index in [-0.39, 0.29) is 6.04 Å². The van der Waals surface area contributed by atoms with Crippen molar-refractivity contribution in [2.45, 2.75) is 37.6 Å². The fourth-order valence-corrected chi connectivity index (χ4v) is 3.32. The monoisotopic (exact) mass is 301 g/mol. The smallest absolute Gasteiger partial charge is 0.0548 e. The van der Waals surface area contributed by atoms with Crippen molar-refractivity contribution in [3.05, 3.63) is 65.2 Å². The van der Waals surface area contributed by atoms with Crippen LogP contribution >= 0.6 is 0 Å². The molecule has 21 heavy (non-hydrogen) atoms. The van der Waals surface area contributed by atoms with Gasteiger partial charge in [-0.3, -0.25) is 4.21 Å². The lowest BCUT2D eigenvalue weighted by molar-refractivity contribution is 0.675. The largest absolute Gasteiger partial charge is 0.323 e. The van der Waals surface area contributed by atoms with Crippen molar-refractivity contribution in [1.82, 2.24) is 0 Å². The normalized spacial score (nSPS) is 14.1. The number of hydrogen-bond donors (Lipinski definition) is 1. The first kappa shape index (κ1) is 15.9. The summed E-state index contributed by atoms with van der Waals surface area (Å²) in [5, 5.41) is 0. The van der Waals surface area contributed by atoms with E-state index in [4.69, 9.17) is 5.73 Å². The van der Waals surface area contributed by atoms with E-state index in [0.29, 0.717) is 11.7 Å². The third-order valence-corrected chi connectivity index (χ3v) is 5.11. The molecule has 0 saturated heterocycles. The second kappa shape index (κ2) is 7.01. The van der Waals surface area contributed by atoms with Crippen LogP contribution in [0.5, 0.6) is 0 Å². The van der Waals surface area contributed by atoms with Gasteiger partial charge in [-0.2, -0.15) is 0 Å². The highest BCUT2D eigenvalue weighted by Gasteiger charge is 2.12. The van der Waals surface area contributed by atoms with Crippen molar-refractivity contribution in [1.29, 1.82) is 0 Å². The van der Waals surface area contributed by atoms with Gasteiger partial charge in [0.05, 0.1) is 10.8 Å². The molecular formula is C18H23NOS. The molecule has 0 heterocycles. The third-order valence-electron chi connectivity index (χ3n) is 3.65. The molecule has 0 spiro atoms. The Balaban J connectivity index is 2.05. The van der Waals surface area contributed by atoms with E-state index in [0.717, 1.165) is 10.5 Å². The Bertz CT molecular complexity index is 602. The first-order chi connectivity index (χ1) is 9.97. The van der Waals surface area contributed by atoms with Gasteiger partial charge in [-0.15, -0.1) is 0 Å². The van der Waals surface area contributed by atoms with E-state index in [1.807, 2.05) is 43.3 Å². The van der Waals surface area contributed by atoms with E-state index < -0.39 is 10.8 Å². The van der Waals surface area contributed by atoms with Crippen molar-refractivity contribution in [3.8, 4) is 0 Å². The lowest BCUT2D eigenvalue weighted by Crippen LogP contribution is -2.18. The van der Waals surface area contributed by atoms with E-state index in [9.17, 15) is 4.21 Å². The van der Waals surface area contributed by atoms with Gasteiger partial charge < -0.3 is 5.73 Å². The molecule has 2 aromatic carbocycles. The maximum Gasteiger partial charge on any atom is 0.0548 e. The molecule has 2 aromatic rings. The first-order valence-corrected chi connectivity index (χ1v) is 8.59. The summed E-state index contributed by atoms with van der Waals surface area (Å²) in [5.74, 6) is 0.937. The summed E-state index contributed by atoms with van der Waals surface area (Å²) in [4.78, 5) is 0.849. The molecule has 0 aliphatic rings. The average molecular weight is 301 g/mol. The van der Waals surface area contributed by atoms with Crippen LogP contribution < -0.4 is 5.73 Å². The molecule has 2 N–H and O–H groups in total. The zero-order chi connectivity index (χ0) is 15.4. The molecular weight excluding hydrogens is 278 g/mol. The highest BCUT2D eigenvalue weighted by Crippen LogP contribution is 2.19. The summed E-state index contributed by atoms with van der Waals surface area (Å²) in [6, 6.07) is 15.9. The molecule has 3 heteroatoms. The van der Waals surface area contributed by atoms with Crippen LogP contribution in [0.3, 0.4) is 0 Å². The minimum absolute atomic E-state index is 0.198. The molecule has 2 unspecified atom stereocenters. The number of rotatable bonds is 5. The predicted molar refractivity (Wildman–Crippen MR) is 89.9 cm³/mol. The van der Waals surface area contributed by atoms with E-state index in [2.05, 4.69) is 26.0 Å². The van der Waals surface area contributed by atoms with Crippen LogP contribution in [0, 0.1) is 6.92 Å². The number of aryl methyl sites for hydroxylation is 1. The van der Waals surface area contributed by atoms with Crippen molar-refractivity contribution in [3.63, 3.8) is 0 Å². The van der Waals surface area contributed by atoms with Gasteiger partial charge in [0.15, 0.2) is 0 Å². The van der Waals surface area contributed by atoms with Gasteiger partial charge >= 0.3 is 0 Å². The Hall–Kier alpha value is -1.45. The minimum atomic E-state index is -1.07. The van der Waals surface area contributed by atoms with Crippen molar-refractivity contribution in [2.24, 2.45) is 5.73 Å². The fourth-order valence-electron chi connectivity index (χ4n) is 2.17. The summed E-state index contributed by atoms with van der Waals surface area (Å²) in [7, 11) is -1.07. The molecule has 2 nitrogen and oxygen atoms in total. The lowest BCUT2D eigenvalue weighted by atomic mass is 10.0. The fraction of sp³-hybridized carbons (Fsp3) is 0.333. The predicted octanol–water partition coefficient (Wildman–Crippen LogP) is 3.93. The average Bonchev–Trinajstić information content (AvgIpc) is 2.47. The molecule has 0 aromatic heterocycles. The maximum atomic E-state index is 12.4. The van der Waals surface area contributed by atoms with Crippen molar-refractivity contribution >= 4 is 10.8 Å². The van der Waals surface area contributed by atoms with Crippen LogP contribution in [-0.2, 0) is 10.8 Å². The molecule has 0 fully saturated rings. The molecule has 112 valence electrons. The van der Waals surface area contributed by atoms with Gasteiger partial charge in [0.25, 0.3) is 0 Å². The molecule has 0 saturated carbocycles. The number of nitrogens with two attached hydrogens (primary N) is 1. The Labute approximate surface area is 129 Å². The summed E-state index contributed by atoms with van der Waals surface area (Å²) < 4.78 is 12.4. The minimum Gasteiger partial charge on any atom is -0.323 e. The Morgan fingerprint density at radius 3 is 2.00 bits per heavy atom. The molecule has 0 radical (unpaired) electrons. The van der Waals surface area contributed by atoms with Crippen LogP contribution in [0.1, 0.15) is 42.5 Å². The second-order valence-electron chi connectivity index (χ2n) is 5.75. The van der Waals surface area contributed by atoms with Gasteiger partial charge in [0.1, 0.15) is 0 Å². The Morgan fingerprint density at radius 2 is 1.48 bits per heavy atom. The lowest BCUT2D eigenvalue weighted by Gasteiger charge is -2.13. The summed E-state index contributed by atoms with van der Waals surface area (Å²) in [6.07, 6.45) is 0. The van der Waals surface area contributed by atoms with Crippen LogP contribution in [-0.4, -0.2) is 9.96 Å². The molecule has 0 amide bonds. The molecule has 0 aliphatic heterocycles. The standard InChI is InChI=1S/C18H23NOS/c1-13(2)15-8-10-17(11-9-15)21(20)12-18(19)16-6-4-14(3)5-7-16/h4-11,13,18H,12,19H2,1-3H3. The van der Waals surface area contributed by atoms with Gasteiger partial charge in [0, 0.05) is 16.7 Å². The van der Waals surface area contributed by atoms with Gasteiger partial charge in [-0.1, -0.05) is 55.8 Å². The van der Waals surface area contributed by atoms with E-state index in [1.54, 1.807) is 0 Å². The molecule has 0 aliphatic carbocycles. The molecule has 0 bridgehead atoms. The topological polar surface area (TPSA) is 43.1 Å². The number of hydrogen-bond acceptors (Lipinski definition) is 2. The number of benzene rings is 2. The zero-order valence-corrected chi connectivity index (χ0v) is 13.7. The Morgan fingerprint density at radius 1 is 0.952 bits per heavy atom. The third kappa shape index (κ3) is 4.26. The summed E-state index contributed by atoms with van der Waals surface area (Å²) in [6.45, 7) is 6.35. The van der Waals surface area contributed by atoms with Crippen LogP contribution in [0.2, 0.25) is 0 Å². The van der Waals surface area contributed by atoms with Gasteiger partial charge in [0.2, 0.25) is 0 Å². The molecule has 2 atom stereocenters. The van der Waals surface area contributed by atoms with Crippen molar-refractivity contribution in [2.75, 3.05) is 5.75 Å². The van der Waals surface area contributed by atoms with Crippen LogP contribution in [0.25, 0.3) is 0 Å². The van der Waals surface area contributed by atoms with Gasteiger partial charge in [-0.25, -0.2) is 0 Å². The summed E-state index contributed by atoms with van der Waals surface area (Å²) in [5.41, 5.74) is 9.67. The summed E-state index contributed by atoms with van der Waals surface area (Å²) >= 11 is 0. The molecule has 2 rings (SSSR count). The van der Waals surface area contributed by atoms with Crippen LogP contribution in [0.4, 0.5) is 0 Å². The quantitative estimate of drug-likeness (QED) is 0.909. The maximum absolute atomic E-state index is 12.4. The highest BCUT2D eigenvalue weighted by atomic mass is 32.2. The highest BCUT2D eigenvalue weighted by molar-refractivity contribution is 7.85.